The van der Waals surface area contributed by atoms with E-state index < -0.39 is 0 Å². The minimum Gasteiger partial charge on any atom is -0.494 e. The van der Waals surface area contributed by atoms with E-state index in [2.05, 4.69) is 45.0 Å². The summed E-state index contributed by atoms with van der Waals surface area (Å²) in [7, 11) is 0. The molecule has 1 atom stereocenters. The number of carbonyl (C=O) groups excluding carboxylic acids is 1. The smallest absolute Gasteiger partial charge is 0.302 e. The lowest BCUT2D eigenvalue weighted by Gasteiger charge is -2.26. The fraction of sp³-hybridized carbons (Fsp3) is 0.435. The van der Waals surface area contributed by atoms with Gasteiger partial charge in [0.2, 0.25) is 0 Å². The zero-order valence-electron chi connectivity index (χ0n) is 17.0. The first-order valence-electron chi connectivity index (χ1n) is 9.57. The van der Waals surface area contributed by atoms with Crippen LogP contribution in [0.4, 0.5) is 0 Å². The van der Waals surface area contributed by atoms with E-state index in [0.29, 0.717) is 0 Å². The Balaban J connectivity index is 1.97. The van der Waals surface area contributed by atoms with Crippen molar-refractivity contribution < 1.29 is 19.0 Å². The fourth-order valence-electron chi connectivity index (χ4n) is 2.76. The summed E-state index contributed by atoms with van der Waals surface area (Å²) in [5.74, 6) is 1.29. The summed E-state index contributed by atoms with van der Waals surface area (Å²) in [6.45, 7) is 8.98. The van der Waals surface area contributed by atoms with Crippen molar-refractivity contribution in [2.75, 3.05) is 19.8 Å². The van der Waals surface area contributed by atoms with Gasteiger partial charge in [0.05, 0.1) is 6.61 Å². The summed E-state index contributed by atoms with van der Waals surface area (Å²) in [5, 5.41) is -0.381. The monoisotopic (exact) mass is 404 g/mol. The predicted molar refractivity (Wildman–Crippen MR) is 113 cm³/mol. The molecule has 2 rings (SSSR count). The molecule has 152 valence electrons. The number of ether oxygens (including phenoxy) is 3. The molecule has 0 radical (unpaired) electrons. The SMILES string of the molecule is CCCOc1ccc(C(C)(C)c2ccc(OCC(Cl)COC(C)=O)cc2)cc1. The highest BCUT2D eigenvalue weighted by Gasteiger charge is 2.23. The highest BCUT2D eigenvalue weighted by atomic mass is 35.5. The van der Waals surface area contributed by atoms with Gasteiger partial charge in [-0.05, 0) is 41.8 Å². The van der Waals surface area contributed by atoms with Gasteiger partial charge in [0, 0.05) is 12.3 Å². The van der Waals surface area contributed by atoms with Gasteiger partial charge in [0.25, 0.3) is 0 Å². The molecule has 2 aromatic carbocycles. The molecular formula is C23H29ClO4. The van der Waals surface area contributed by atoms with Crippen LogP contribution >= 0.6 is 11.6 Å². The molecule has 0 amide bonds. The first-order valence-corrected chi connectivity index (χ1v) is 10.0. The van der Waals surface area contributed by atoms with Crippen molar-refractivity contribution in [3.05, 3.63) is 59.7 Å². The van der Waals surface area contributed by atoms with E-state index in [4.69, 9.17) is 25.8 Å². The Kier molecular flexibility index (Phi) is 8.18. The molecule has 0 saturated carbocycles. The third-order valence-corrected chi connectivity index (χ3v) is 4.78. The van der Waals surface area contributed by atoms with Crippen LogP contribution in [-0.2, 0) is 14.9 Å². The minimum absolute atomic E-state index is 0.139. The van der Waals surface area contributed by atoms with Crippen molar-refractivity contribution >= 4 is 17.6 Å². The molecule has 1 unspecified atom stereocenters. The van der Waals surface area contributed by atoms with E-state index in [0.717, 1.165) is 24.5 Å². The van der Waals surface area contributed by atoms with Crippen LogP contribution in [0.25, 0.3) is 0 Å². The molecule has 0 fully saturated rings. The van der Waals surface area contributed by atoms with Crippen LogP contribution in [-0.4, -0.2) is 31.2 Å². The average molecular weight is 405 g/mol. The Morgan fingerprint density at radius 2 is 1.43 bits per heavy atom. The van der Waals surface area contributed by atoms with Crippen molar-refractivity contribution in [3.63, 3.8) is 0 Å². The van der Waals surface area contributed by atoms with E-state index >= 15 is 0 Å². The molecule has 0 heterocycles. The van der Waals surface area contributed by atoms with Gasteiger partial charge in [-0.1, -0.05) is 45.0 Å². The van der Waals surface area contributed by atoms with Crippen LogP contribution < -0.4 is 9.47 Å². The Morgan fingerprint density at radius 1 is 0.929 bits per heavy atom. The summed E-state index contributed by atoms with van der Waals surface area (Å²) in [6, 6.07) is 16.3. The van der Waals surface area contributed by atoms with Crippen molar-refractivity contribution in [1.29, 1.82) is 0 Å². The summed E-state index contributed by atoms with van der Waals surface area (Å²) in [6.07, 6.45) is 0.996. The van der Waals surface area contributed by atoms with Gasteiger partial charge >= 0.3 is 5.97 Å². The molecular weight excluding hydrogens is 376 g/mol. The average Bonchev–Trinajstić information content (AvgIpc) is 2.69. The van der Waals surface area contributed by atoms with Crippen molar-refractivity contribution in [1.82, 2.24) is 0 Å². The molecule has 0 N–H and O–H groups in total. The van der Waals surface area contributed by atoms with Crippen LogP contribution in [0.1, 0.15) is 45.2 Å². The van der Waals surface area contributed by atoms with Crippen LogP contribution in [0.5, 0.6) is 11.5 Å². The molecule has 0 saturated heterocycles. The highest BCUT2D eigenvalue weighted by Crippen LogP contribution is 2.33. The largest absolute Gasteiger partial charge is 0.494 e. The van der Waals surface area contributed by atoms with Gasteiger partial charge in [-0.2, -0.15) is 0 Å². The number of carbonyl (C=O) groups is 1. The van der Waals surface area contributed by atoms with Crippen molar-refractivity contribution in [2.45, 2.75) is 44.9 Å². The second-order valence-electron chi connectivity index (χ2n) is 7.23. The Bertz CT molecular complexity index is 738. The first-order chi connectivity index (χ1) is 13.3. The van der Waals surface area contributed by atoms with E-state index in [-0.39, 0.29) is 30.0 Å². The number of esters is 1. The molecule has 5 heteroatoms. The molecule has 0 aliphatic rings. The van der Waals surface area contributed by atoms with Gasteiger partial charge in [-0.15, -0.1) is 11.6 Å². The summed E-state index contributed by atoms with van der Waals surface area (Å²) in [5.41, 5.74) is 2.25. The van der Waals surface area contributed by atoms with E-state index in [9.17, 15) is 4.79 Å². The van der Waals surface area contributed by atoms with Gasteiger partial charge in [-0.25, -0.2) is 0 Å². The molecule has 2 aromatic rings. The van der Waals surface area contributed by atoms with E-state index in [1.54, 1.807) is 0 Å². The third-order valence-electron chi connectivity index (χ3n) is 4.52. The van der Waals surface area contributed by atoms with Gasteiger partial charge < -0.3 is 14.2 Å². The van der Waals surface area contributed by atoms with Crippen LogP contribution in [0.3, 0.4) is 0 Å². The summed E-state index contributed by atoms with van der Waals surface area (Å²) >= 11 is 6.09. The maximum absolute atomic E-state index is 10.8. The number of hydrogen-bond donors (Lipinski definition) is 0. The molecule has 0 aliphatic heterocycles. The van der Waals surface area contributed by atoms with E-state index in [1.165, 1.54) is 18.1 Å². The number of benzene rings is 2. The third kappa shape index (κ3) is 6.45. The standard InChI is InChI=1S/C23H29ClO4/c1-5-14-26-21-10-6-18(7-11-21)23(3,4)19-8-12-22(13-9-19)28-16-20(24)15-27-17(2)25/h6-13,20H,5,14-16H2,1-4H3. The minimum atomic E-state index is -0.381. The number of rotatable bonds is 10. The number of halogens is 1. The van der Waals surface area contributed by atoms with Gasteiger partial charge in [-0.3, -0.25) is 4.79 Å². The normalized spacial score (nSPS) is 12.3. The molecule has 0 spiro atoms. The lowest BCUT2D eigenvalue weighted by Crippen LogP contribution is -2.20. The molecule has 28 heavy (non-hydrogen) atoms. The predicted octanol–water partition coefficient (Wildman–Crippen LogP) is 5.35. The molecule has 0 aromatic heterocycles. The maximum atomic E-state index is 10.8. The summed E-state index contributed by atoms with van der Waals surface area (Å²) in [4.78, 5) is 10.8. The molecule has 0 aliphatic carbocycles. The zero-order valence-corrected chi connectivity index (χ0v) is 17.8. The zero-order chi connectivity index (χ0) is 20.6. The molecule has 0 bridgehead atoms. The highest BCUT2D eigenvalue weighted by molar-refractivity contribution is 6.20. The fourth-order valence-corrected chi connectivity index (χ4v) is 2.89. The lowest BCUT2D eigenvalue weighted by atomic mass is 9.78. The number of hydrogen-bond acceptors (Lipinski definition) is 4. The maximum Gasteiger partial charge on any atom is 0.302 e. The Labute approximate surface area is 172 Å². The first kappa shape index (κ1) is 22.1. The summed E-state index contributed by atoms with van der Waals surface area (Å²) < 4.78 is 16.2. The quantitative estimate of drug-likeness (QED) is 0.395. The topological polar surface area (TPSA) is 44.8 Å². The molecule has 4 nitrogen and oxygen atoms in total. The van der Waals surface area contributed by atoms with Crippen LogP contribution in [0.2, 0.25) is 0 Å². The number of alkyl halides is 1. The van der Waals surface area contributed by atoms with Gasteiger partial charge in [0.1, 0.15) is 30.1 Å². The second-order valence-corrected chi connectivity index (χ2v) is 7.85. The van der Waals surface area contributed by atoms with Crippen molar-refractivity contribution in [3.8, 4) is 11.5 Å². The lowest BCUT2D eigenvalue weighted by molar-refractivity contribution is -0.141. The van der Waals surface area contributed by atoms with Crippen LogP contribution in [0.15, 0.2) is 48.5 Å². The Morgan fingerprint density at radius 3 is 1.89 bits per heavy atom. The van der Waals surface area contributed by atoms with Crippen LogP contribution in [0, 0.1) is 0 Å². The van der Waals surface area contributed by atoms with Crippen molar-refractivity contribution in [2.24, 2.45) is 0 Å². The Hall–Kier alpha value is -2.20. The van der Waals surface area contributed by atoms with Gasteiger partial charge in [0.15, 0.2) is 0 Å². The van der Waals surface area contributed by atoms with E-state index in [1.807, 2.05) is 24.3 Å². The second kappa shape index (κ2) is 10.4.